The molecule has 3 aromatic rings. The third kappa shape index (κ3) is 4.52. The summed E-state index contributed by atoms with van der Waals surface area (Å²) in [6.45, 7) is 0.281. The van der Waals surface area contributed by atoms with E-state index in [-0.39, 0.29) is 12.1 Å². The van der Waals surface area contributed by atoms with Gasteiger partial charge in [0.25, 0.3) is 5.91 Å². The van der Waals surface area contributed by atoms with Gasteiger partial charge in [-0.3, -0.25) is 9.59 Å². The molecule has 0 radical (unpaired) electrons. The number of carbonyl (C=O) groups is 2. The number of nitrogens with zero attached hydrogens (tertiary/aromatic N) is 1. The normalized spacial score (nSPS) is 16.4. The summed E-state index contributed by atoms with van der Waals surface area (Å²) < 4.78 is 0.889. The van der Waals surface area contributed by atoms with E-state index in [1.165, 1.54) is 11.0 Å². The van der Waals surface area contributed by atoms with Gasteiger partial charge in [-0.1, -0.05) is 94.8 Å². The Morgan fingerprint density at radius 1 is 0.935 bits per heavy atom. The summed E-state index contributed by atoms with van der Waals surface area (Å²) in [5.41, 5.74) is 2.63. The van der Waals surface area contributed by atoms with Crippen molar-refractivity contribution >= 4 is 33.7 Å². The molecule has 154 valence electrons. The number of halogens is 1. The second-order valence-corrected chi connectivity index (χ2v) is 8.16. The van der Waals surface area contributed by atoms with Gasteiger partial charge in [-0.15, -0.1) is 0 Å². The Morgan fingerprint density at radius 3 is 2.19 bits per heavy atom. The quantitative estimate of drug-likeness (QED) is 0.472. The van der Waals surface area contributed by atoms with Crippen molar-refractivity contribution in [2.75, 3.05) is 0 Å². The summed E-state index contributed by atoms with van der Waals surface area (Å²) in [5.74, 6) is -1.43. The van der Waals surface area contributed by atoms with E-state index in [4.69, 9.17) is 0 Å². The van der Waals surface area contributed by atoms with Crippen LogP contribution in [-0.2, 0) is 16.1 Å². The predicted molar refractivity (Wildman–Crippen MR) is 124 cm³/mol. The van der Waals surface area contributed by atoms with Gasteiger partial charge in [-0.05, 0) is 34.9 Å². The lowest BCUT2D eigenvalue weighted by molar-refractivity contribution is -0.130. The number of aliphatic hydroxyl groups is 1. The molecule has 1 N–H and O–H groups in total. The fourth-order valence-electron chi connectivity index (χ4n) is 3.67. The van der Waals surface area contributed by atoms with Gasteiger partial charge >= 0.3 is 0 Å². The Labute approximate surface area is 189 Å². The van der Waals surface area contributed by atoms with Crippen molar-refractivity contribution in [1.82, 2.24) is 4.90 Å². The number of hydrogen-bond donors (Lipinski definition) is 1. The van der Waals surface area contributed by atoms with Crippen molar-refractivity contribution in [2.24, 2.45) is 0 Å². The first-order valence-corrected chi connectivity index (χ1v) is 10.6. The molecule has 5 heteroatoms. The molecule has 0 bridgehead atoms. The van der Waals surface area contributed by atoms with Gasteiger partial charge in [-0.25, -0.2) is 0 Å². The van der Waals surface area contributed by atoms with Crippen LogP contribution < -0.4 is 0 Å². The first kappa shape index (κ1) is 20.8. The van der Waals surface area contributed by atoms with Gasteiger partial charge < -0.3 is 10.0 Å². The van der Waals surface area contributed by atoms with E-state index >= 15 is 0 Å². The molecule has 1 atom stereocenters. The van der Waals surface area contributed by atoms with Crippen LogP contribution in [0.5, 0.6) is 0 Å². The molecule has 1 unspecified atom stereocenters. The molecule has 4 rings (SSSR count). The maximum Gasteiger partial charge on any atom is 0.290 e. The maximum absolute atomic E-state index is 13.1. The van der Waals surface area contributed by atoms with Gasteiger partial charge in [0.15, 0.2) is 11.5 Å². The molecule has 0 spiro atoms. The van der Waals surface area contributed by atoms with Crippen LogP contribution in [0.25, 0.3) is 6.08 Å². The molecule has 1 heterocycles. The molecule has 0 aromatic heterocycles. The molecular formula is C26H20BrNO3. The van der Waals surface area contributed by atoms with Crippen LogP contribution in [0.15, 0.2) is 107 Å². The molecule has 1 aliphatic rings. The van der Waals surface area contributed by atoms with Crippen LogP contribution >= 0.6 is 15.9 Å². The van der Waals surface area contributed by atoms with Crippen LogP contribution in [0, 0.1) is 0 Å². The lowest BCUT2D eigenvalue weighted by Crippen LogP contribution is -2.30. The van der Waals surface area contributed by atoms with E-state index in [0.717, 1.165) is 21.2 Å². The van der Waals surface area contributed by atoms with Gasteiger partial charge in [0.05, 0.1) is 11.6 Å². The molecule has 3 aromatic carbocycles. The van der Waals surface area contributed by atoms with E-state index in [0.29, 0.717) is 0 Å². The van der Waals surface area contributed by atoms with Crippen molar-refractivity contribution in [3.8, 4) is 0 Å². The van der Waals surface area contributed by atoms with Crippen molar-refractivity contribution < 1.29 is 14.7 Å². The van der Waals surface area contributed by atoms with E-state index in [9.17, 15) is 14.7 Å². The molecule has 1 amide bonds. The highest BCUT2D eigenvalue weighted by atomic mass is 79.9. The summed E-state index contributed by atoms with van der Waals surface area (Å²) >= 11 is 3.42. The second kappa shape index (κ2) is 9.14. The highest BCUT2D eigenvalue weighted by molar-refractivity contribution is 9.10. The fourth-order valence-corrected chi connectivity index (χ4v) is 3.93. The number of allylic oxidation sites excluding steroid dienone is 1. The first-order chi connectivity index (χ1) is 15.0. The summed E-state index contributed by atoms with van der Waals surface area (Å²) in [7, 11) is 0. The number of rotatable bonds is 6. The average Bonchev–Trinajstić information content (AvgIpc) is 3.04. The first-order valence-electron chi connectivity index (χ1n) is 9.85. The molecule has 1 aliphatic heterocycles. The van der Waals surface area contributed by atoms with Crippen LogP contribution in [0.1, 0.15) is 22.7 Å². The van der Waals surface area contributed by atoms with Gasteiger partial charge in [0.1, 0.15) is 0 Å². The van der Waals surface area contributed by atoms with Gasteiger partial charge in [0, 0.05) is 11.0 Å². The molecule has 0 fully saturated rings. The van der Waals surface area contributed by atoms with E-state index in [1.54, 1.807) is 6.08 Å². The Morgan fingerprint density at radius 2 is 1.55 bits per heavy atom. The third-order valence-electron chi connectivity index (χ3n) is 5.18. The van der Waals surface area contributed by atoms with Crippen molar-refractivity contribution in [3.63, 3.8) is 0 Å². The highest BCUT2D eigenvalue weighted by Gasteiger charge is 2.42. The number of aliphatic hydroxyl groups excluding tert-OH is 1. The molecule has 4 nitrogen and oxygen atoms in total. The molecule has 31 heavy (non-hydrogen) atoms. The maximum atomic E-state index is 13.1. The minimum absolute atomic E-state index is 0.0930. The number of benzene rings is 3. The summed E-state index contributed by atoms with van der Waals surface area (Å²) in [5, 5.41) is 10.7. The number of carbonyl (C=O) groups excluding carboxylic acids is 2. The lowest BCUT2D eigenvalue weighted by Gasteiger charge is -2.26. The van der Waals surface area contributed by atoms with Crippen LogP contribution in [-0.4, -0.2) is 21.7 Å². The topological polar surface area (TPSA) is 57.6 Å². The van der Waals surface area contributed by atoms with Gasteiger partial charge in [0.2, 0.25) is 0 Å². The molecule has 0 aliphatic carbocycles. The van der Waals surface area contributed by atoms with Gasteiger partial charge in [-0.2, -0.15) is 0 Å². The van der Waals surface area contributed by atoms with Crippen molar-refractivity contribution in [3.05, 3.63) is 124 Å². The number of ketones is 1. The van der Waals surface area contributed by atoms with Crippen LogP contribution in [0.4, 0.5) is 0 Å². The Bertz CT molecular complexity index is 1150. The second-order valence-electron chi connectivity index (χ2n) is 7.24. The van der Waals surface area contributed by atoms with Crippen LogP contribution in [0.3, 0.4) is 0 Å². The van der Waals surface area contributed by atoms with E-state index in [1.807, 2.05) is 84.9 Å². The lowest BCUT2D eigenvalue weighted by atomic mass is 9.95. The summed E-state index contributed by atoms with van der Waals surface area (Å²) in [6.07, 6.45) is 3.09. The highest BCUT2D eigenvalue weighted by Crippen LogP contribution is 2.39. The zero-order valence-corrected chi connectivity index (χ0v) is 18.2. The predicted octanol–water partition coefficient (Wildman–Crippen LogP) is 5.63. The zero-order chi connectivity index (χ0) is 21.8. The molecular weight excluding hydrogens is 454 g/mol. The Hall–Kier alpha value is -3.44. The monoisotopic (exact) mass is 473 g/mol. The minimum Gasteiger partial charge on any atom is -0.503 e. The largest absolute Gasteiger partial charge is 0.503 e. The average molecular weight is 474 g/mol. The summed E-state index contributed by atoms with van der Waals surface area (Å²) in [6, 6.07) is 25.7. The van der Waals surface area contributed by atoms with Crippen LogP contribution in [0.2, 0.25) is 0 Å². The SMILES string of the molecule is O=C(C=Cc1ccccc1)C1=C(O)C(=O)N(Cc2ccccc2)C1c1ccc(Br)cc1. The summed E-state index contributed by atoms with van der Waals surface area (Å²) in [4.78, 5) is 27.7. The standard InChI is InChI=1S/C26H20BrNO3/c27-21-14-12-20(13-15-21)24-23(22(29)16-11-18-7-3-1-4-8-18)25(30)26(31)28(24)17-19-9-5-2-6-10-19/h1-16,24,30H,17H2. The van der Waals surface area contributed by atoms with Crippen molar-refractivity contribution in [1.29, 1.82) is 0 Å². The number of amides is 1. The van der Waals surface area contributed by atoms with Crippen molar-refractivity contribution in [2.45, 2.75) is 12.6 Å². The van der Waals surface area contributed by atoms with E-state index in [2.05, 4.69) is 15.9 Å². The van der Waals surface area contributed by atoms with E-state index < -0.39 is 23.5 Å². The Balaban J connectivity index is 1.72. The zero-order valence-electron chi connectivity index (χ0n) is 16.6. The smallest absolute Gasteiger partial charge is 0.290 e. The number of hydrogen-bond acceptors (Lipinski definition) is 3. The Kier molecular flexibility index (Phi) is 6.14. The molecule has 0 saturated heterocycles. The third-order valence-corrected chi connectivity index (χ3v) is 5.71. The minimum atomic E-state index is -0.672. The molecule has 0 saturated carbocycles. The fraction of sp³-hybridized carbons (Fsp3) is 0.0769.